The fraction of sp³-hybridized carbons (Fsp3) is 0.583. The highest BCUT2D eigenvalue weighted by molar-refractivity contribution is 5.56. The summed E-state index contributed by atoms with van der Waals surface area (Å²) in [6.07, 6.45) is 2.13. The van der Waals surface area contributed by atoms with Crippen LogP contribution in [0.3, 0.4) is 0 Å². The number of pyridine rings is 1. The lowest BCUT2D eigenvalue weighted by Gasteiger charge is -2.37. The summed E-state index contributed by atoms with van der Waals surface area (Å²) >= 11 is 0. The lowest BCUT2D eigenvalue weighted by molar-refractivity contribution is -0.384. The molecule has 1 aromatic rings. The zero-order valence-electron chi connectivity index (χ0n) is 11.2. The molecule has 1 fully saturated rings. The molecule has 7 heteroatoms. The molecule has 2 unspecified atom stereocenters. The van der Waals surface area contributed by atoms with E-state index in [0.717, 1.165) is 19.4 Å². The molecule has 1 saturated heterocycles. The van der Waals surface area contributed by atoms with Gasteiger partial charge in [-0.1, -0.05) is 6.92 Å². The number of hydrazine groups is 1. The van der Waals surface area contributed by atoms with Crippen LogP contribution in [0.2, 0.25) is 0 Å². The Labute approximate surface area is 111 Å². The first-order valence-electron chi connectivity index (χ1n) is 6.41. The van der Waals surface area contributed by atoms with Crippen LogP contribution < -0.4 is 16.2 Å². The van der Waals surface area contributed by atoms with Crippen molar-refractivity contribution in [3.63, 3.8) is 0 Å². The summed E-state index contributed by atoms with van der Waals surface area (Å²) in [6.45, 7) is 5.20. The van der Waals surface area contributed by atoms with E-state index >= 15 is 0 Å². The summed E-state index contributed by atoms with van der Waals surface area (Å²) < 4.78 is 0. The zero-order chi connectivity index (χ0) is 14.0. The zero-order valence-corrected chi connectivity index (χ0v) is 11.2. The van der Waals surface area contributed by atoms with Crippen LogP contribution in [0.1, 0.15) is 26.7 Å². The van der Waals surface area contributed by atoms with Crippen LogP contribution in [-0.2, 0) is 0 Å². The van der Waals surface area contributed by atoms with Gasteiger partial charge in [-0.3, -0.25) is 10.1 Å². The first kappa shape index (κ1) is 13.5. The number of nitro groups is 1. The number of hydrogen-bond acceptors (Lipinski definition) is 6. The van der Waals surface area contributed by atoms with Crippen LogP contribution in [0.4, 0.5) is 17.3 Å². The van der Waals surface area contributed by atoms with Gasteiger partial charge in [-0.05, 0) is 25.7 Å². The molecule has 7 nitrogen and oxygen atoms in total. The third-order valence-electron chi connectivity index (χ3n) is 3.59. The van der Waals surface area contributed by atoms with Gasteiger partial charge in [0.2, 0.25) is 0 Å². The van der Waals surface area contributed by atoms with Gasteiger partial charge in [0, 0.05) is 12.6 Å². The van der Waals surface area contributed by atoms with Gasteiger partial charge >= 0.3 is 0 Å². The van der Waals surface area contributed by atoms with Crippen molar-refractivity contribution in [3.05, 3.63) is 22.2 Å². The second kappa shape index (κ2) is 5.40. The number of nitrogens with one attached hydrogen (secondary N) is 1. The molecule has 0 aliphatic carbocycles. The fourth-order valence-corrected chi connectivity index (χ4v) is 2.58. The van der Waals surface area contributed by atoms with Gasteiger partial charge in [0.05, 0.1) is 17.1 Å². The summed E-state index contributed by atoms with van der Waals surface area (Å²) in [4.78, 5) is 16.9. The lowest BCUT2D eigenvalue weighted by Crippen LogP contribution is -2.40. The monoisotopic (exact) mass is 265 g/mol. The van der Waals surface area contributed by atoms with Crippen LogP contribution in [-0.4, -0.2) is 22.5 Å². The summed E-state index contributed by atoms with van der Waals surface area (Å²) in [5, 5.41) is 10.9. The molecule has 19 heavy (non-hydrogen) atoms. The minimum absolute atomic E-state index is 0.00349. The molecule has 104 valence electrons. The van der Waals surface area contributed by atoms with E-state index < -0.39 is 4.92 Å². The molecule has 0 amide bonds. The van der Waals surface area contributed by atoms with Crippen LogP contribution in [0.15, 0.2) is 12.1 Å². The number of nitrogens with zero attached hydrogens (tertiary/aromatic N) is 3. The molecule has 2 rings (SSSR count). The largest absolute Gasteiger partial charge is 0.354 e. The Morgan fingerprint density at radius 3 is 2.84 bits per heavy atom. The number of nitrogen functional groups attached to an aromatic ring is 1. The van der Waals surface area contributed by atoms with E-state index in [1.54, 1.807) is 0 Å². The predicted octanol–water partition coefficient (Wildman–Crippen LogP) is 1.90. The van der Waals surface area contributed by atoms with Crippen LogP contribution in [0.5, 0.6) is 0 Å². The molecule has 2 atom stereocenters. The third-order valence-corrected chi connectivity index (χ3v) is 3.59. The molecule has 2 heterocycles. The number of anilines is 2. The normalized spacial score (nSPS) is 23.2. The third kappa shape index (κ3) is 2.93. The highest BCUT2D eigenvalue weighted by Crippen LogP contribution is 2.29. The van der Waals surface area contributed by atoms with E-state index in [1.165, 1.54) is 12.1 Å². The SMILES string of the molecule is CC1CCN(c2cc([N+](=O)[O-])cc(NN)n2)C(C)C1. The summed E-state index contributed by atoms with van der Waals surface area (Å²) in [6, 6.07) is 3.16. The van der Waals surface area contributed by atoms with Gasteiger partial charge in [-0.25, -0.2) is 10.8 Å². The van der Waals surface area contributed by atoms with Crippen molar-refractivity contribution in [1.29, 1.82) is 0 Å². The van der Waals surface area contributed by atoms with Crippen molar-refractivity contribution >= 4 is 17.3 Å². The van der Waals surface area contributed by atoms with E-state index in [0.29, 0.717) is 23.6 Å². The second-order valence-corrected chi connectivity index (χ2v) is 5.14. The van der Waals surface area contributed by atoms with Gasteiger partial charge < -0.3 is 10.3 Å². The minimum atomic E-state index is -0.427. The van der Waals surface area contributed by atoms with Gasteiger partial charge in [0.25, 0.3) is 5.69 Å². The Morgan fingerprint density at radius 2 is 2.26 bits per heavy atom. The molecule has 0 spiro atoms. The number of piperidine rings is 1. The number of nitrogens with two attached hydrogens (primary N) is 1. The average molecular weight is 265 g/mol. The topological polar surface area (TPSA) is 97.3 Å². The Hall–Kier alpha value is -1.89. The Balaban J connectivity index is 2.33. The summed E-state index contributed by atoms with van der Waals surface area (Å²) in [5.41, 5.74) is 2.39. The van der Waals surface area contributed by atoms with Gasteiger partial charge in [-0.2, -0.15) is 0 Å². The standard InChI is InChI=1S/C12H19N5O2/c1-8-3-4-16(9(2)5-8)12-7-10(17(18)19)6-11(14-12)15-13/h6-9H,3-5,13H2,1-2H3,(H,14,15). The molecule has 0 aromatic carbocycles. The fourth-order valence-electron chi connectivity index (χ4n) is 2.58. The van der Waals surface area contributed by atoms with Crippen molar-refractivity contribution in [1.82, 2.24) is 4.98 Å². The van der Waals surface area contributed by atoms with E-state index in [2.05, 4.69) is 29.2 Å². The van der Waals surface area contributed by atoms with Gasteiger partial charge in [0.15, 0.2) is 0 Å². The van der Waals surface area contributed by atoms with Crippen molar-refractivity contribution < 1.29 is 4.92 Å². The maximum atomic E-state index is 10.9. The molecule has 1 aromatic heterocycles. The van der Waals surface area contributed by atoms with Crippen molar-refractivity contribution in [2.24, 2.45) is 11.8 Å². The average Bonchev–Trinajstić information content (AvgIpc) is 2.38. The van der Waals surface area contributed by atoms with Crippen molar-refractivity contribution in [3.8, 4) is 0 Å². The van der Waals surface area contributed by atoms with Gasteiger partial charge in [-0.15, -0.1) is 0 Å². The first-order valence-corrected chi connectivity index (χ1v) is 6.41. The molecular weight excluding hydrogens is 246 g/mol. The molecule has 0 bridgehead atoms. The molecule has 0 radical (unpaired) electrons. The number of rotatable bonds is 3. The molecule has 3 N–H and O–H groups in total. The van der Waals surface area contributed by atoms with Crippen molar-refractivity contribution in [2.45, 2.75) is 32.7 Å². The highest BCUT2D eigenvalue weighted by atomic mass is 16.6. The minimum Gasteiger partial charge on any atom is -0.354 e. The predicted molar refractivity (Wildman–Crippen MR) is 73.9 cm³/mol. The van der Waals surface area contributed by atoms with E-state index in [1.807, 2.05) is 0 Å². The van der Waals surface area contributed by atoms with Gasteiger partial charge in [0.1, 0.15) is 11.6 Å². The lowest BCUT2D eigenvalue weighted by atomic mass is 9.93. The van der Waals surface area contributed by atoms with E-state index in [-0.39, 0.29) is 5.69 Å². The molecular formula is C12H19N5O2. The van der Waals surface area contributed by atoms with Crippen molar-refractivity contribution in [2.75, 3.05) is 16.9 Å². The Kier molecular flexibility index (Phi) is 3.84. The van der Waals surface area contributed by atoms with Crippen LogP contribution in [0.25, 0.3) is 0 Å². The highest BCUT2D eigenvalue weighted by Gasteiger charge is 2.25. The van der Waals surface area contributed by atoms with E-state index in [4.69, 9.17) is 5.84 Å². The molecule has 1 aliphatic rings. The second-order valence-electron chi connectivity index (χ2n) is 5.14. The van der Waals surface area contributed by atoms with Crippen LogP contribution >= 0.6 is 0 Å². The van der Waals surface area contributed by atoms with Crippen LogP contribution in [0, 0.1) is 16.0 Å². The smallest absolute Gasteiger partial charge is 0.276 e. The quantitative estimate of drug-likeness (QED) is 0.492. The molecule has 0 saturated carbocycles. The Morgan fingerprint density at radius 1 is 1.53 bits per heavy atom. The molecule has 1 aliphatic heterocycles. The maximum absolute atomic E-state index is 10.9. The maximum Gasteiger partial charge on any atom is 0.276 e. The van der Waals surface area contributed by atoms with E-state index in [9.17, 15) is 10.1 Å². The summed E-state index contributed by atoms with van der Waals surface area (Å²) in [5.74, 6) is 6.93. The summed E-state index contributed by atoms with van der Waals surface area (Å²) in [7, 11) is 0. The number of hydrogen-bond donors (Lipinski definition) is 2. The number of aromatic nitrogens is 1. The first-order chi connectivity index (χ1) is 9.01. The Bertz CT molecular complexity index is 479.